The molecule has 0 unspecified atom stereocenters. The van der Waals surface area contributed by atoms with Gasteiger partial charge in [0.05, 0.1) is 12.5 Å². The first-order valence-electron chi connectivity index (χ1n) is 9.54. The lowest BCUT2D eigenvalue weighted by molar-refractivity contribution is -0.142. The largest absolute Gasteiger partial charge is 0.353 e. The molecule has 0 radical (unpaired) electrons. The third-order valence-electron chi connectivity index (χ3n) is 5.52. The SMILES string of the molecule is O=C1NCCN(Cc2ccc(F)cc2)[C@@H]1CC(=O)N1CC(c2ccncc2)C1. The maximum Gasteiger partial charge on any atom is 0.237 e. The molecule has 146 valence electrons. The zero-order valence-electron chi connectivity index (χ0n) is 15.6. The number of halogens is 1. The van der Waals surface area contributed by atoms with Gasteiger partial charge in [0, 0.05) is 51.0 Å². The van der Waals surface area contributed by atoms with Crippen molar-refractivity contribution in [3.05, 3.63) is 65.7 Å². The maximum absolute atomic E-state index is 13.1. The molecule has 7 heteroatoms. The molecule has 28 heavy (non-hydrogen) atoms. The number of carbonyl (C=O) groups excluding carboxylic acids is 2. The molecule has 1 N–H and O–H groups in total. The second-order valence-electron chi connectivity index (χ2n) is 7.38. The standard InChI is InChI=1S/C21H23FN4O2/c22-18-3-1-15(2-4-18)12-25-10-9-24-21(28)19(25)11-20(27)26-13-17(14-26)16-5-7-23-8-6-16/h1-8,17,19H,9-14H2,(H,24,28)/t19-/m1/s1. The minimum Gasteiger partial charge on any atom is -0.353 e. The van der Waals surface area contributed by atoms with Crippen LogP contribution in [0.4, 0.5) is 4.39 Å². The summed E-state index contributed by atoms with van der Waals surface area (Å²) in [6, 6.07) is 9.73. The van der Waals surface area contributed by atoms with Gasteiger partial charge < -0.3 is 10.2 Å². The Morgan fingerprint density at radius 1 is 1.14 bits per heavy atom. The molecule has 4 rings (SSSR count). The highest BCUT2D eigenvalue weighted by molar-refractivity contribution is 5.89. The second-order valence-corrected chi connectivity index (χ2v) is 7.38. The number of piperazine rings is 1. The molecule has 1 aromatic carbocycles. The van der Waals surface area contributed by atoms with Gasteiger partial charge in [-0.25, -0.2) is 4.39 Å². The van der Waals surface area contributed by atoms with Crippen LogP contribution in [0.2, 0.25) is 0 Å². The van der Waals surface area contributed by atoms with Crippen molar-refractivity contribution in [2.45, 2.75) is 24.9 Å². The number of hydrogen-bond donors (Lipinski definition) is 1. The number of carbonyl (C=O) groups is 2. The first-order chi connectivity index (χ1) is 13.6. The van der Waals surface area contributed by atoms with E-state index in [1.165, 1.54) is 17.7 Å². The van der Waals surface area contributed by atoms with Crippen molar-refractivity contribution in [3.8, 4) is 0 Å². The quantitative estimate of drug-likeness (QED) is 0.852. The van der Waals surface area contributed by atoms with Crippen molar-refractivity contribution < 1.29 is 14.0 Å². The molecule has 2 aliphatic rings. The number of likely N-dealkylation sites (tertiary alicyclic amines) is 1. The van der Waals surface area contributed by atoms with Crippen LogP contribution in [0.5, 0.6) is 0 Å². The first kappa shape index (κ1) is 18.6. The number of nitrogens with one attached hydrogen (secondary N) is 1. The number of aromatic nitrogens is 1. The van der Waals surface area contributed by atoms with Crippen LogP contribution in [0, 0.1) is 5.82 Å². The van der Waals surface area contributed by atoms with E-state index in [2.05, 4.69) is 10.3 Å². The lowest BCUT2D eigenvalue weighted by atomic mass is 9.91. The molecule has 0 saturated carbocycles. The second kappa shape index (κ2) is 8.06. The fourth-order valence-electron chi connectivity index (χ4n) is 3.82. The van der Waals surface area contributed by atoms with Gasteiger partial charge in [0.15, 0.2) is 0 Å². The van der Waals surface area contributed by atoms with Crippen LogP contribution in [-0.2, 0) is 16.1 Å². The minimum absolute atomic E-state index is 0.00328. The Labute approximate surface area is 163 Å². The number of pyridine rings is 1. The van der Waals surface area contributed by atoms with E-state index in [1.54, 1.807) is 24.5 Å². The Morgan fingerprint density at radius 2 is 1.86 bits per heavy atom. The van der Waals surface area contributed by atoms with E-state index in [0.29, 0.717) is 38.6 Å². The Hall–Kier alpha value is -2.80. The van der Waals surface area contributed by atoms with Gasteiger partial charge in [-0.3, -0.25) is 19.5 Å². The summed E-state index contributed by atoms with van der Waals surface area (Å²) in [5, 5.41) is 2.85. The number of nitrogens with zero attached hydrogens (tertiary/aromatic N) is 3. The number of hydrogen-bond acceptors (Lipinski definition) is 4. The minimum atomic E-state index is -0.494. The predicted molar refractivity (Wildman–Crippen MR) is 102 cm³/mol. The van der Waals surface area contributed by atoms with Crippen LogP contribution in [0.15, 0.2) is 48.8 Å². The van der Waals surface area contributed by atoms with Gasteiger partial charge >= 0.3 is 0 Å². The van der Waals surface area contributed by atoms with Crippen molar-refractivity contribution in [1.29, 1.82) is 0 Å². The van der Waals surface area contributed by atoms with Gasteiger partial charge in [0.1, 0.15) is 5.82 Å². The van der Waals surface area contributed by atoms with Crippen LogP contribution in [0.1, 0.15) is 23.5 Å². The maximum atomic E-state index is 13.1. The van der Waals surface area contributed by atoms with E-state index in [4.69, 9.17) is 0 Å². The summed E-state index contributed by atoms with van der Waals surface area (Å²) in [7, 11) is 0. The molecule has 2 amide bonds. The van der Waals surface area contributed by atoms with Crippen molar-refractivity contribution in [2.75, 3.05) is 26.2 Å². The topological polar surface area (TPSA) is 65.5 Å². The number of rotatable bonds is 5. The number of amides is 2. The van der Waals surface area contributed by atoms with Crippen LogP contribution >= 0.6 is 0 Å². The third kappa shape index (κ3) is 4.04. The normalized spacial score (nSPS) is 20.5. The van der Waals surface area contributed by atoms with E-state index in [-0.39, 0.29) is 24.1 Å². The lowest BCUT2D eigenvalue weighted by Crippen LogP contribution is -2.57. The predicted octanol–water partition coefficient (Wildman–Crippen LogP) is 1.54. The smallest absolute Gasteiger partial charge is 0.237 e. The molecule has 0 aliphatic carbocycles. The molecule has 1 aromatic heterocycles. The van der Waals surface area contributed by atoms with Crippen LogP contribution < -0.4 is 5.32 Å². The zero-order valence-corrected chi connectivity index (χ0v) is 15.6. The van der Waals surface area contributed by atoms with Crippen LogP contribution in [0.3, 0.4) is 0 Å². The molecule has 0 bridgehead atoms. The van der Waals surface area contributed by atoms with E-state index in [1.807, 2.05) is 21.9 Å². The third-order valence-corrected chi connectivity index (χ3v) is 5.52. The van der Waals surface area contributed by atoms with Gasteiger partial charge in [0.2, 0.25) is 11.8 Å². The Kier molecular flexibility index (Phi) is 5.34. The lowest BCUT2D eigenvalue weighted by Gasteiger charge is -2.41. The Morgan fingerprint density at radius 3 is 2.57 bits per heavy atom. The molecular formula is C21H23FN4O2. The van der Waals surface area contributed by atoms with Crippen molar-refractivity contribution in [2.24, 2.45) is 0 Å². The van der Waals surface area contributed by atoms with Crippen molar-refractivity contribution in [1.82, 2.24) is 20.1 Å². The highest BCUT2D eigenvalue weighted by Crippen LogP contribution is 2.27. The molecular weight excluding hydrogens is 359 g/mol. The van der Waals surface area contributed by atoms with Gasteiger partial charge in [-0.05, 0) is 35.4 Å². The summed E-state index contributed by atoms with van der Waals surface area (Å²) < 4.78 is 13.1. The summed E-state index contributed by atoms with van der Waals surface area (Å²) in [4.78, 5) is 33.0. The summed E-state index contributed by atoms with van der Waals surface area (Å²) in [6.45, 7) is 3.09. The molecule has 2 fully saturated rings. The summed E-state index contributed by atoms with van der Waals surface area (Å²) >= 11 is 0. The van der Waals surface area contributed by atoms with Crippen molar-refractivity contribution in [3.63, 3.8) is 0 Å². The molecule has 3 heterocycles. The molecule has 2 aromatic rings. The molecule has 1 atom stereocenters. The molecule has 0 spiro atoms. The van der Waals surface area contributed by atoms with E-state index in [0.717, 1.165) is 5.56 Å². The summed E-state index contributed by atoms with van der Waals surface area (Å²) in [6.07, 6.45) is 3.69. The summed E-state index contributed by atoms with van der Waals surface area (Å²) in [5.41, 5.74) is 2.11. The average Bonchev–Trinajstić information content (AvgIpc) is 2.66. The van der Waals surface area contributed by atoms with Gasteiger partial charge in [0.25, 0.3) is 0 Å². The number of benzene rings is 1. The van der Waals surface area contributed by atoms with Gasteiger partial charge in [-0.1, -0.05) is 12.1 Å². The van der Waals surface area contributed by atoms with Gasteiger partial charge in [-0.15, -0.1) is 0 Å². The van der Waals surface area contributed by atoms with Crippen LogP contribution in [0.25, 0.3) is 0 Å². The average molecular weight is 382 g/mol. The van der Waals surface area contributed by atoms with E-state index >= 15 is 0 Å². The monoisotopic (exact) mass is 382 g/mol. The molecule has 6 nitrogen and oxygen atoms in total. The van der Waals surface area contributed by atoms with E-state index in [9.17, 15) is 14.0 Å². The highest BCUT2D eigenvalue weighted by atomic mass is 19.1. The molecule has 2 saturated heterocycles. The Balaban J connectivity index is 1.36. The summed E-state index contributed by atoms with van der Waals surface area (Å²) in [5.74, 6) is -0.0692. The zero-order chi connectivity index (χ0) is 19.5. The first-order valence-corrected chi connectivity index (χ1v) is 9.54. The Bertz CT molecular complexity index is 837. The molecule has 2 aliphatic heterocycles. The van der Waals surface area contributed by atoms with Crippen LogP contribution in [-0.4, -0.2) is 58.8 Å². The fraction of sp³-hybridized carbons (Fsp3) is 0.381. The van der Waals surface area contributed by atoms with E-state index < -0.39 is 6.04 Å². The fourth-order valence-corrected chi connectivity index (χ4v) is 3.82. The van der Waals surface area contributed by atoms with Crippen molar-refractivity contribution >= 4 is 11.8 Å². The highest BCUT2D eigenvalue weighted by Gasteiger charge is 2.37. The van der Waals surface area contributed by atoms with Gasteiger partial charge in [-0.2, -0.15) is 0 Å².